The van der Waals surface area contributed by atoms with Gasteiger partial charge in [0, 0.05) is 26.1 Å². The summed E-state index contributed by atoms with van der Waals surface area (Å²) < 4.78 is 11.2. The van der Waals surface area contributed by atoms with Crippen LogP contribution >= 0.6 is 0 Å². The van der Waals surface area contributed by atoms with Gasteiger partial charge in [0.25, 0.3) is 0 Å². The number of likely N-dealkylation sites (tertiary alicyclic amines) is 1. The van der Waals surface area contributed by atoms with Crippen LogP contribution in [0.2, 0.25) is 0 Å². The average Bonchev–Trinajstić information content (AvgIpc) is 3.02. The molecular formula is C18H23NO2. The number of methoxy groups -OCH3 is 1. The first-order valence-corrected chi connectivity index (χ1v) is 7.66. The molecule has 0 amide bonds. The third-order valence-electron chi connectivity index (χ3n) is 4.35. The zero-order chi connectivity index (χ0) is 14.5. The highest BCUT2D eigenvalue weighted by Crippen LogP contribution is 2.24. The van der Waals surface area contributed by atoms with Crippen molar-refractivity contribution >= 4 is 0 Å². The van der Waals surface area contributed by atoms with E-state index >= 15 is 0 Å². The molecule has 3 nitrogen and oxygen atoms in total. The SMILES string of the molecule is CO[C@@H]1CCN(Cc2ccco2)C[C@@H]1Cc1ccccc1. The second-order valence-electron chi connectivity index (χ2n) is 5.83. The van der Waals surface area contributed by atoms with Crippen LogP contribution in [-0.4, -0.2) is 31.2 Å². The van der Waals surface area contributed by atoms with E-state index in [1.165, 1.54) is 5.56 Å². The molecule has 1 aliphatic rings. The number of benzene rings is 1. The normalized spacial score (nSPS) is 23.3. The van der Waals surface area contributed by atoms with Crippen molar-refractivity contribution in [3.63, 3.8) is 0 Å². The molecule has 112 valence electrons. The number of hydrogen-bond acceptors (Lipinski definition) is 3. The third-order valence-corrected chi connectivity index (χ3v) is 4.35. The minimum absolute atomic E-state index is 0.359. The minimum Gasteiger partial charge on any atom is -0.468 e. The number of nitrogens with zero attached hydrogens (tertiary/aromatic N) is 1. The van der Waals surface area contributed by atoms with Gasteiger partial charge < -0.3 is 9.15 Å². The van der Waals surface area contributed by atoms with Crippen LogP contribution in [0.4, 0.5) is 0 Å². The molecule has 1 aliphatic heterocycles. The van der Waals surface area contributed by atoms with Crippen molar-refractivity contribution in [2.24, 2.45) is 5.92 Å². The van der Waals surface area contributed by atoms with E-state index in [0.717, 1.165) is 38.2 Å². The van der Waals surface area contributed by atoms with E-state index in [-0.39, 0.29) is 0 Å². The van der Waals surface area contributed by atoms with Crippen molar-refractivity contribution in [3.05, 3.63) is 60.1 Å². The smallest absolute Gasteiger partial charge is 0.117 e. The Kier molecular flexibility index (Phi) is 4.73. The predicted molar refractivity (Wildman–Crippen MR) is 83.0 cm³/mol. The van der Waals surface area contributed by atoms with E-state index in [0.29, 0.717) is 12.0 Å². The molecule has 0 bridgehead atoms. The molecule has 2 aromatic rings. The molecule has 1 aromatic heterocycles. The lowest BCUT2D eigenvalue weighted by atomic mass is 9.88. The van der Waals surface area contributed by atoms with Gasteiger partial charge in [-0.25, -0.2) is 0 Å². The van der Waals surface area contributed by atoms with Crippen LogP contribution in [-0.2, 0) is 17.7 Å². The Hall–Kier alpha value is -1.58. The van der Waals surface area contributed by atoms with Gasteiger partial charge in [0.1, 0.15) is 5.76 Å². The second kappa shape index (κ2) is 6.92. The summed E-state index contributed by atoms with van der Waals surface area (Å²) in [5.74, 6) is 1.59. The highest BCUT2D eigenvalue weighted by molar-refractivity contribution is 5.16. The van der Waals surface area contributed by atoms with Gasteiger partial charge in [-0.2, -0.15) is 0 Å². The molecular weight excluding hydrogens is 262 g/mol. The van der Waals surface area contributed by atoms with E-state index < -0.39 is 0 Å². The Morgan fingerprint density at radius 3 is 2.76 bits per heavy atom. The molecule has 3 heteroatoms. The summed E-state index contributed by atoms with van der Waals surface area (Å²) >= 11 is 0. The maximum atomic E-state index is 5.71. The van der Waals surface area contributed by atoms with Crippen molar-refractivity contribution in [1.29, 1.82) is 0 Å². The third kappa shape index (κ3) is 3.74. The molecule has 3 rings (SSSR count). The van der Waals surface area contributed by atoms with Gasteiger partial charge in [-0.3, -0.25) is 4.90 Å². The van der Waals surface area contributed by atoms with Crippen LogP contribution in [0.1, 0.15) is 17.7 Å². The summed E-state index contributed by atoms with van der Waals surface area (Å²) in [7, 11) is 1.84. The van der Waals surface area contributed by atoms with Crippen LogP contribution in [0.3, 0.4) is 0 Å². The van der Waals surface area contributed by atoms with Crippen molar-refractivity contribution in [2.75, 3.05) is 20.2 Å². The predicted octanol–water partition coefficient (Wildman–Crippen LogP) is 3.36. The molecule has 0 radical (unpaired) electrons. The molecule has 0 unspecified atom stereocenters. The van der Waals surface area contributed by atoms with E-state index in [1.54, 1.807) is 6.26 Å². The van der Waals surface area contributed by atoms with Gasteiger partial charge in [-0.15, -0.1) is 0 Å². The molecule has 2 heterocycles. The van der Waals surface area contributed by atoms with E-state index in [4.69, 9.17) is 9.15 Å². The maximum absolute atomic E-state index is 5.71. The van der Waals surface area contributed by atoms with Crippen LogP contribution in [0.25, 0.3) is 0 Å². The lowest BCUT2D eigenvalue weighted by molar-refractivity contribution is -0.00997. The largest absolute Gasteiger partial charge is 0.468 e. The first-order chi connectivity index (χ1) is 10.3. The van der Waals surface area contributed by atoms with Gasteiger partial charge in [0.2, 0.25) is 0 Å². The maximum Gasteiger partial charge on any atom is 0.117 e. The number of ether oxygens (including phenoxy) is 1. The van der Waals surface area contributed by atoms with Crippen LogP contribution in [0.15, 0.2) is 53.1 Å². The van der Waals surface area contributed by atoms with Gasteiger partial charge in [0.15, 0.2) is 0 Å². The Labute approximate surface area is 126 Å². The zero-order valence-electron chi connectivity index (χ0n) is 12.6. The average molecular weight is 285 g/mol. The fourth-order valence-electron chi connectivity index (χ4n) is 3.28. The fraction of sp³-hybridized carbons (Fsp3) is 0.444. The Balaban J connectivity index is 1.64. The summed E-state index contributed by atoms with van der Waals surface area (Å²) in [6.07, 6.45) is 4.28. The minimum atomic E-state index is 0.359. The Morgan fingerprint density at radius 2 is 2.05 bits per heavy atom. The highest BCUT2D eigenvalue weighted by atomic mass is 16.5. The van der Waals surface area contributed by atoms with Gasteiger partial charge >= 0.3 is 0 Å². The molecule has 2 atom stereocenters. The number of rotatable bonds is 5. The fourth-order valence-corrected chi connectivity index (χ4v) is 3.28. The molecule has 1 saturated heterocycles. The molecule has 1 fully saturated rings. The number of furan rings is 1. The lowest BCUT2D eigenvalue weighted by Gasteiger charge is -2.37. The number of piperidine rings is 1. The molecule has 0 spiro atoms. The summed E-state index contributed by atoms with van der Waals surface area (Å²) in [5.41, 5.74) is 1.39. The molecule has 0 saturated carbocycles. The van der Waals surface area contributed by atoms with Crippen molar-refractivity contribution in [3.8, 4) is 0 Å². The first-order valence-electron chi connectivity index (χ1n) is 7.66. The van der Waals surface area contributed by atoms with E-state index in [2.05, 4.69) is 41.3 Å². The summed E-state index contributed by atoms with van der Waals surface area (Å²) in [6.45, 7) is 3.04. The van der Waals surface area contributed by atoms with Gasteiger partial charge in [0.05, 0.1) is 18.9 Å². The Morgan fingerprint density at radius 1 is 1.19 bits per heavy atom. The van der Waals surface area contributed by atoms with Crippen LogP contribution < -0.4 is 0 Å². The highest BCUT2D eigenvalue weighted by Gasteiger charge is 2.29. The molecule has 0 N–H and O–H groups in total. The summed E-state index contributed by atoms with van der Waals surface area (Å²) in [6, 6.07) is 14.7. The summed E-state index contributed by atoms with van der Waals surface area (Å²) in [4.78, 5) is 2.47. The van der Waals surface area contributed by atoms with Crippen molar-refractivity contribution < 1.29 is 9.15 Å². The molecule has 1 aromatic carbocycles. The molecule has 0 aliphatic carbocycles. The van der Waals surface area contributed by atoms with E-state index in [9.17, 15) is 0 Å². The summed E-state index contributed by atoms with van der Waals surface area (Å²) in [5, 5.41) is 0. The second-order valence-corrected chi connectivity index (χ2v) is 5.83. The quantitative estimate of drug-likeness (QED) is 0.842. The standard InChI is InChI=1S/C18H23NO2/c1-20-18-9-10-19(14-17-8-5-11-21-17)13-16(18)12-15-6-3-2-4-7-15/h2-8,11,16,18H,9-10,12-14H2,1H3/t16-,18+/m0/s1. The van der Waals surface area contributed by atoms with Crippen molar-refractivity contribution in [2.45, 2.75) is 25.5 Å². The van der Waals surface area contributed by atoms with Gasteiger partial charge in [-0.05, 0) is 30.5 Å². The van der Waals surface area contributed by atoms with Crippen LogP contribution in [0, 0.1) is 5.92 Å². The first kappa shape index (κ1) is 14.4. The topological polar surface area (TPSA) is 25.6 Å². The van der Waals surface area contributed by atoms with Crippen LogP contribution in [0.5, 0.6) is 0 Å². The van der Waals surface area contributed by atoms with Crippen molar-refractivity contribution in [1.82, 2.24) is 4.90 Å². The zero-order valence-corrected chi connectivity index (χ0v) is 12.6. The van der Waals surface area contributed by atoms with Gasteiger partial charge in [-0.1, -0.05) is 30.3 Å². The lowest BCUT2D eigenvalue weighted by Crippen LogP contribution is -2.44. The van der Waals surface area contributed by atoms with E-state index in [1.807, 2.05) is 13.2 Å². The molecule has 21 heavy (non-hydrogen) atoms. The number of hydrogen-bond donors (Lipinski definition) is 0. The monoisotopic (exact) mass is 285 g/mol. The Bertz CT molecular complexity index is 523.